The van der Waals surface area contributed by atoms with Crippen molar-refractivity contribution >= 4 is 57.3 Å². The van der Waals surface area contributed by atoms with Crippen molar-refractivity contribution in [3.05, 3.63) is 41.1 Å². The first kappa shape index (κ1) is 19.8. The van der Waals surface area contributed by atoms with Crippen LogP contribution >= 0.6 is 11.6 Å². The molecule has 23 heavy (non-hydrogen) atoms. The van der Waals surface area contributed by atoms with Gasteiger partial charge in [0.15, 0.2) is 12.1 Å². The molecule has 1 aliphatic rings. The molecular weight excluding hydrogens is 357 g/mol. The second kappa shape index (κ2) is 8.01. The molecule has 0 saturated heterocycles. The molecular formula is C12H11ClN3NaO5S. The standard InChI is InChI=1S/C12H10ClN3O5S.Na.H/c13-10-6-16(12(17)15-11(10)22(18,19)20)7-21-9-3-1-2-8(4-9)5-14;;/h1-4,6,11H,7H2,(H,15,17)(H,18,19,20);;. The summed E-state index contributed by atoms with van der Waals surface area (Å²) in [6, 6.07) is 7.42. The molecule has 8 nitrogen and oxygen atoms in total. The summed E-state index contributed by atoms with van der Waals surface area (Å²) >= 11 is 5.72. The van der Waals surface area contributed by atoms with Gasteiger partial charge in [0.2, 0.25) is 0 Å². The predicted molar refractivity (Wildman–Crippen MR) is 83.4 cm³/mol. The number of nitrogens with zero attached hydrogens (tertiary/aromatic N) is 2. The van der Waals surface area contributed by atoms with Crippen LogP contribution in [0.15, 0.2) is 35.5 Å². The van der Waals surface area contributed by atoms with Gasteiger partial charge in [-0.15, -0.1) is 0 Å². The molecule has 1 aromatic carbocycles. The van der Waals surface area contributed by atoms with Crippen molar-refractivity contribution in [2.45, 2.75) is 5.37 Å². The molecule has 1 atom stereocenters. The summed E-state index contributed by atoms with van der Waals surface area (Å²) in [5, 5.41) is 8.83. The fourth-order valence-corrected chi connectivity index (χ4v) is 2.76. The van der Waals surface area contributed by atoms with Gasteiger partial charge in [-0.1, -0.05) is 17.7 Å². The molecule has 1 aliphatic heterocycles. The van der Waals surface area contributed by atoms with Gasteiger partial charge in [0.05, 0.1) is 16.7 Å². The van der Waals surface area contributed by atoms with E-state index in [4.69, 9.17) is 26.2 Å². The molecule has 0 spiro atoms. The van der Waals surface area contributed by atoms with E-state index in [9.17, 15) is 13.2 Å². The molecule has 2 N–H and O–H groups in total. The first-order valence-electron chi connectivity index (χ1n) is 5.85. The molecule has 11 heteroatoms. The number of urea groups is 1. The fraction of sp³-hybridized carbons (Fsp3) is 0.167. The Balaban J connectivity index is 0.00000264. The molecule has 0 bridgehead atoms. The Morgan fingerprint density at radius 2 is 2.17 bits per heavy atom. The molecule has 0 aromatic heterocycles. The third-order valence-electron chi connectivity index (χ3n) is 2.68. The van der Waals surface area contributed by atoms with Gasteiger partial charge in [-0.05, 0) is 18.2 Å². The van der Waals surface area contributed by atoms with Crippen LogP contribution in [0.25, 0.3) is 0 Å². The number of hydrogen-bond acceptors (Lipinski definition) is 5. The van der Waals surface area contributed by atoms with Gasteiger partial charge in [0, 0.05) is 6.20 Å². The summed E-state index contributed by atoms with van der Waals surface area (Å²) < 4.78 is 36.3. The van der Waals surface area contributed by atoms with Crippen LogP contribution in [0.4, 0.5) is 4.79 Å². The van der Waals surface area contributed by atoms with Gasteiger partial charge < -0.3 is 10.1 Å². The van der Waals surface area contributed by atoms with E-state index in [2.05, 4.69) is 0 Å². The van der Waals surface area contributed by atoms with E-state index in [1.807, 2.05) is 11.4 Å². The van der Waals surface area contributed by atoms with Crippen molar-refractivity contribution in [1.29, 1.82) is 5.26 Å². The molecule has 0 radical (unpaired) electrons. The first-order valence-corrected chi connectivity index (χ1v) is 7.73. The van der Waals surface area contributed by atoms with Crippen molar-refractivity contribution in [1.82, 2.24) is 10.2 Å². The number of rotatable bonds is 4. The maximum absolute atomic E-state index is 11.7. The minimum absolute atomic E-state index is 0. The third kappa shape index (κ3) is 5.10. The SMILES string of the molecule is N#Cc1cccc(OCN2C=C(Cl)C(S(=O)(=O)O)NC2=O)c1.[NaH]. The summed E-state index contributed by atoms with van der Waals surface area (Å²) in [4.78, 5) is 12.7. The number of carbonyl (C=O) groups excluding carboxylic acids is 1. The zero-order valence-electron chi connectivity index (χ0n) is 10.9. The molecule has 0 fully saturated rings. The Morgan fingerprint density at radius 1 is 1.48 bits per heavy atom. The zero-order chi connectivity index (χ0) is 16.3. The summed E-state index contributed by atoms with van der Waals surface area (Å²) in [6.07, 6.45) is 1.05. The Morgan fingerprint density at radius 3 is 2.78 bits per heavy atom. The average molecular weight is 368 g/mol. The van der Waals surface area contributed by atoms with Crippen molar-refractivity contribution < 1.29 is 22.5 Å². The zero-order valence-corrected chi connectivity index (χ0v) is 12.5. The van der Waals surface area contributed by atoms with Crippen LogP contribution in [0.2, 0.25) is 0 Å². The summed E-state index contributed by atoms with van der Waals surface area (Å²) in [5.74, 6) is 0.355. The Hall–Kier alpha value is -1.28. The van der Waals surface area contributed by atoms with E-state index in [1.54, 1.807) is 18.2 Å². The third-order valence-corrected chi connectivity index (χ3v) is 4.09. The number of carbonyl (C=O) groups is 1. The molecule has 1 aromatic rings. The summed E-state index contributed by atoms with van der Waals surface area (Å²) in [7, 11) is -4.54. The van der Waals surface area contributed by atoms with Gasteiger partial charge in [0.1, 0.15) is 5.75 Å². The van der Waals surface area contributed by atoms with Crippen molar-refractivity contribution in [3.63, 3.8) is 0 Å². The quantitative estimate of drug-likeness (QED) is 0.593. The number of nitrogens with one attached hydrogen (secondary N) is 1. The number of benzene rings is 1. The van der Waals surface area contributed by atoms with Crippen LogP contribution < -0.4 is 10.1 Å². The van der Waals surface area contributed by atoms with Crippen LogP contribution in [0, 0.1) is 11.3 Å². The van der Waals surface area contributed by atoms with E-state index in [0.717, 1.165) is 11.1 Å². The molecule has 2 rings (SSSR count). The minimum atomic E-state index is -4.54. The molecule has 0 aliphatic carbocycles. The second-order valence-corrected chi connectivity index (χ2v) is 6.18. The Bertz CT molecular complexity index is 777. The normalized spacial score (nSPS) is 17.4. The molecule has 0 saturated carbocycles. The van der Waals surface area contributed by atoms with Crippen LogP contribution in [0.1, 0.15) is 5.56 Å². The Kier molecular flexibility index (Phi) is 6.88. The van der Waals surface area contributed by atoms with Crippen molar-refractivity contribution in [3.8, 4) is 11.8 Å². The van der Waals surface area contributed by atoms with Gasteiger partial charge in [0.25, 0.3) is 10.1 Å². The van der Waals surface area contributed by atoms with Crippen LogP contribution in [0.3, 0.4) is 0 Å². The van der Waals surface area contributed by atoms with E-state index in [-0.39, 0.29) is 41.3 Å². The van der Waals surface area contributed by atoms with Crippen molar-refractivity contribution in [2.24, 2.45) is 0 Å². The maximum atomic E-state index is 11.7. The van der Waals surface area contributed by atoms with Gasteiger partial charge in [-0.2, -0.15) is 13.7 Å². The molecule has 1 unspecified atom stereocenters. The first-order chi connectivity index (χ1) is 10.3. The van der Waals surface area contributed by atoms with Gasteiger partial charge >= 0.3 is 35.6 Å². The number of amides is 2. The number of ether oxygens (including phenoxy) is 1. The van der Waals surface area contributed by atoms with E-state index >= 15 is 0 Å². The van der Waals surface area contributed by atoms with Crippen LogP contribution in [0.5, 0.6) is 5.75 Å². The summed E-state index contributed by atoms with van der Waals surface area (Å²) in [6.45, 7) is -0.255. The van der Waals surface area contributed by atoms with Crippen LogP contribution in [-0.2, 0) is 10.1 Å². The van der Waals surface area contributed by atoms with E-state index in [1.165, 1.54) is 6.07 Å². The molecule has 2 amide bonds. The van der Waals surface area contributed by atoms with E-state index < -0.39 is 21.5 Å². The fourth-order valence-electron chi connectivity index (χ4n) is 1.65. The predicted octanol–water partition coefficient (Wildman–Crippen LogP) is 0.565. The second-order valence-electron chi connectivity index (χ2n) is 4.24. The molecule has 118 valence electrons. The number of hydrogen-bond donors (Lipinski definition) is 2. The Labute approximate surface area is 159 Å². The topological polar surface area (TPSA) is 120 Å². The monoisotopic (exact) mass is 367 g/mol. The summed E-state index contributed by atoms with van der Waals surface area (Å²) in [5.41, 5.74) is 0.389. The van der Waals surface area contributed by atoms with Gasteiger partial charge in [-0.3, -0.25) is 9.45 Å². The van der Waals surface area contributed by atoms with Gasteiger partial charge in [-0.25, -0.2) is 4.79 Å². The van der Waals surface area contributed by atoms with Crippen LogP contribution in [-0.4, -0.2) is 65.6 Å². The molecule has 1 heterocycles. The number of nitriles is 1. The van der Waals surface area contributed by atoms with Crippen molar-refractivity contribution in [2.75, 3.05) is 6.73 Å². The average Bonchev–Trinajstić information content (AvgIpc) is 2.46. The van der Waals surface area contributed by atoms with E-state index in [0.29, 0.717) is 11.3 Å². The number of halogens is 1.